The molecule has 0 radical (unpaired) electrons. The zero-order valence-corrected chi connectivity index (χ0v) is 38.0. The predicted molar refractivity (Wildman–Crippen MR) is 230 cm³/mol. The number of nitrogens with zero attached hydrogens (tertiary/aromatic N) is 3. The van der Waals surface area contributed by atoms with Crippen molar-refractivity contribution >= 4 is 36.0 Å². The second kappa shape index (κ2) is 21.1. The number of rotatable bonds is 11. The molecule has 0 bridgehead atoms. The van der Waals surface area contributed by atoms with E-state index in [1.54, 1.807) is 97.4 Å². The lowest BCUT2D eigenvalue weighted by molar-refractivity contribution is -0.298. The first kappa shape index (κ1) is 49.1. The van der Waals surface area contributed by atoms with Crippen molar-refractivity contribution in [2.75, 3.05) is 20.6 Å². The predicted octanol–water partition coefficient (Wildman–Crippen LogP) is 4.65. The molecule has 14 atom stereocenters. The Morgan fingerprint density at radius 2 is 1.73 bits per heavy atom. The number of carbonyl (C=O) groups excluding carboxylic acids is 5. The monoisotopic (exact) mass is 879 g/mol. The number of esters is 2. The standard InChI is InChI=1S/C46H65N5O12/c1-11-34-46(8)39(50-44(57)63-46)28(4)36(53)26(2)23-45(7,62-43(56)49-20-14-16-31-15-12-18-47-24-31)40(61-42-37(54)33(51(9)10)21-27(3)58-42)29(5)38(30(6)41(55)59-34)60-35(52)22-32-17-13-19-48-25-32/h12-19,24-30,33-34,37-40,42,54H,11,20-23H2,1-10H3,(H,49,56)(H,50,57)/b16-14+/t26-,27-,28+,29+,30-,33+,34-,37-,38+,39-,40-,42+,45-,46-/m1/s1. The third-order valence-corrected chi connectivity index (χ3v) is 12.7. The van der Waals surface area contributed by atoms with Gasteiger partial charge in [-0.3, -0.25) is 24.4 Å². The number of alkyl carbamates (subject to hydrolysis) is 2. The molecule has 0 unspecified atom stereocenters. The molecule has 5 rings (SSSR count). The van der Waals surface area contributed by atoms with Crippen molar-refractivity contribution < 1.29 is 57.5 Å². The molecule has 17 nitrogen and oxygen atoms in total. The fourth-order valence-corrected chi connectivity index (χ4v) is 9.36. The molecular formula is C46H65N5O12. The summed E-state index contributed by atoms with van der Waals surface area (Å²) in [6.45, 7) is 13.5. The minimum atomic E-state index is -1.75. The molecule has 2 aromatic heterocycles. The second-order valence-corrected chi connectivity index (χ2v) is 17.9. The summed E-state index contributed by atoms with van der Waals surface area (Å²) in [5.41, 5.74) is -1.85. The molecule has 3 fully saturated rings. The maximum absolute atomic E-state index is 14.6. The largest absolute Gasteiger partial charge is 0.461 e. The number of Topliss-reactive ketones (excluding diaryl/α,β-unsaturated/α-hetero) is 1. The number of likely N-dealkylation sites (N-methyl/N-ethyl adjacent to an activating group) is 1. The quantitative estimate of drug-likeness (QED) is 0.207. The van der Waals surface area contributed by atoms with Crippen LogP contribution in [0.15, 0.2) is 55.1 Å². The molecule has 17 heteroatoms. The van der Waals surface area contributed by atoms with E-state index in [0.29, 0.717) is 12.0 Å². The van der Waals surface area contributed by atoms with Gasteiger partial charge in [-0.25, -0.2) is 9.59 Å². The Morgan fingerprint density at radius 1 is 1.03 bits per heavy atom. The Kier molecular flexibility index (Phi) is 16.5. The van der Waals surface area contributed by atoms with Crippen molar-refractivity contribution in [1.82, 2.24) is 25.5 Å². The average molecular weight is 880 g/mol. The van der Waals surface area contributed by atoms with Crippen LogP contribution in [0.5, 0.6) is 0 Å². The lowest BCUT2D eigenvalue weighted by Crippen LogP contribution is -2.61. The number of amides is 2. The van der Waals surface area contributed by atoms with Crippen molar-refractivity contribution in [3.63, 3.8) is 0 Å². The molecular weight excluding hydrogens is 815 g/mol. The van der Waals surface area contributed by atoms with Gasteiger partial charge in [-0.15, -0.1) is 0 Å². The summed E-state index contributed by atoms with van der Waals surface area (Å²) in [6.07, 6.45) is 2.12. The highest BCUT2D eigenvalue weighted by atomic mass is 16.7. The van der Waals surface area contributed by atoms with Crippen molar-refractivity contribution in [3.8, 4) is 0 Å². The number of ketones is 1. The molecule has 3 aliphatic rings. The van der Waals surface area contributed by atoms with Crippen molar-refractivity contribution in [3.05, 3.63) is 66.3 Å². The maximum Gasteiger partial charge on any atom is 0.408 e. The van der Waals surface area contributed by atoms with E-state index in [1.807, 2.05) is 32.0 Å². The van der Waals surface area contributed by atoms with Gasteiger partial charge in [0.25, 0.3) is 0 Å². The number of fused-ring (bicyclic) bond motifs is 1. The zero-order valence-electron chi connectivity index (χ0n) is 38.0. The Morgan fingerprint density at radius 3 is 2.37 bits per heavy atom. The summed E-state index contributed by atoms with van der Waals surface area (Å²) in [5.74, 6) is -5.72. The van der Waals surface area contributed by atoms with Crippen molar-refractivity contribution in [1.29, 1.82) is 0 Å². The van der Waals surface area contributed by atoms with Crippen LogP contribution in [0.1, 0.15) is 85.8 Å². The number of ether oxygens (including phenoxy) is 6. The number of aliphatic hydroxyl groups is 1. The van der Waals surface area contributed by atoms with Gasteiger partial charge in [-0.2, -0.15) is 0 Å². The molecule has 5 heterocycles. The highest BCUT2D eigenvalue weighted by Gasteiger charge is 2.58. The van der Waals surface area contributed by atoms with Gasteiger partial charge in [0, 0.05) is 55.1 Å². The summed E-state index contributed by atoms with van der Waals surface area (Å²) in [6, 6.07) is 5.72. The molecule has 0 aliphatic carbocycles. The number of aromatic nitrogens is 2. The molecule has 3 N–H and O–H groups in total. The van der Waals surface area contributed by atoms with Crippen LogP contribution in [0.4, 0.5) is 9.59 Å². The first-order valence-electron chi connectivity index (χ1n) is 21.8. The fraction of sp³-hybridized carbons (Fsp3) is 0.630. The van der Waals surface area contributed by atoms with Crippen molar-refractivity contribution in [2.45, 2.75) is 141 Å². The number of hydrogen-bond acceptors (Lipinski definition) is 15. The highest BCUT2D eigenvalue weighted by molar-refractivity contribution is 5.85. The number of carbonyl (C=O) groups is 5. The summed E-state index contributed by atoms with van der Waals surface area (Å²) in [7, 11) is 3.67. The van der Waals surface area contributed by atoms with Crippen LogP contribution in [0.3, 0.4) is 0 Å². The van der Waals surface area contributed by atoms with Crippen LogP contribution in [-0.2, 0) is 49.2 Å². The van der Waals surface area contributed by atoms with Gasteiger partial charge in [0.1, 0.15) is 35.8 Å². The van der Waals surface area contributed by atoms with Crippen LogP contribution in [0.25, 0.3) is 6.08 Å². The first-order valence-corrected chi connectivity index (χ1v) is 21.8. The maximum atomic E-state index is 14.6. The van der Waals surface area contributed by atoms with Crippen molar-refractivity contribution in [2.24, 2.45) is 23.7 Å². The molecule has 3 aliphatic heterocycles. The Labute approximate surface area is 370 Å². The van der Waals surface area contributed by atoms with Crippen LogP contribution in [0, 0.1) is 23.7 Å². The third kappa shape index (κ3) is 11.8. The SMILES string of the molecule is CC[C@H]1OC(=O)[C@H](C)[C@@H](OC(=O)Cc2cccnc2)[C@H](C)[C@@H](O[C@@H]2O[C@H](C)C[C@H](N(C)C)[C@H]2O)[C@](C)(OC(=O)NC/C=C/c2cccnc2)C[C@@H](C)C(=O)[C@H](C)[C@H]2NC(=O)O[C@@]21C. The molecule has 2 amide bonds. The number of hydrogen-bond donors (Lipinski definition) is 3. The Balaban J connectivity index is 1.63. The minimum Gasteiger partial charge on any atom is -0.461 e. The van der Waals surface area contributed by atoms with Gasteiger partial charge in [0.15, 0.2) is 11.9 Å². The van der Waals surface area contributed by atoms with E-state index in [9.17, 15) is 29.1 Å². The van der Waals surface area contributed by atoms with E-state index in [-0.39, 0.29) is 37.7 Å². The van der Waals surface area contributed by atoms with E-state index in [4.69, 9.17) is 28.4 Å². The van der Waals surface area contributed by atoms with Gasteiger partial charge in [0.05, 0.1) is 24.5 Å². The Bertz CT molecular complexity index is 1920. The molecule has 0 aromatic carbocycles. The molecule has 346 valence electrons. The van der Waals surface area contributed by atoms with Gasteiger partial charge < -0.3 is 49.1 Å². The summed E-state index contributed by atoms with van der Waals surface area (Å²) in [4.78, 5) is 80.1. The van der Waals surface area contributed by atoms with E-state index in [0.717, 1.165) is 5.56 Å². The number of cyclic esters (lactones) is 1. The lowest BCUT2D eigenvalue weighted by Gasteiger charge is -2.48. The molecule has 2 aromatic rings. The van der Waals surface area contributed by atoms with Crippen LogP contribution >= 0.6 is 0 Å². The van der Waals surface area contributed by atoms with E-state index < -0.39 is 102 Å². The summed E-state index contributed by atoms with van der Waals surface area (Å²) in [5, 5.41) is 17.3. The van der Waals surface area contributed by atoms with Gasteiger partial charge in [-0.1, -0.05) is 52.0 Å². The normalized spacial score (nSPS) is 35.5. The van der Waals surface area contributed by atoms with Crippen LogP contribution < -0.4 is 10.6 Å². The second-order valence-electron chi connectivity index (χ2n) is 17.9. The van der Waals surface area contributed by atoms with Crippen LogP contribution in [-0.4, -0.2) is 131 Å². The Hall–Kier alpha value is -4.97. The fourth-order valence-electron chi connectivity index (χ4n) is 9.36. The number of nitrogens with one attached hydrogen (secondary N) is 2. The summed E-state index contributed by atoms with van der Waals surface area (Å²) >= 11 is 0. The average Bonchev–Trinajstić information content (AvgIpc) is 3.56. The molecule has 63 heavy (non-hydrogen) atoms. The number of aliphatic hydroxyl groups excluding tert-OH is 1. The minimum absolute atomic E-state index is 0.0545. The molecule has 3 saturated heterocycles. The molecule has 0 saturated carbocycles. The van der Waals surface area contributed by atoms with Crippen LogP contribution in [0.2, 0.25) is 0 Å². The smallest absolute Gasteiger partial charge is 0.408 e. The van der Waals surface area contributed by atoms with Gasteiger partial charge in [0.2, 0.25) is 0 Å². The van der Waals surface area contributed by atoms with Gasteiger partial charge >= 0.3 is 24.1 Å². The highest BCUT2D eigenvalue weighted by Crippen LogP contribution is 2.42. The van der Waals surface area contributed by atoms with Gasteiger partial charge in [-0.05, 0) is 84.3 Å². The van der Waals surface area contributed by atoms with E-state index >= 15 is 0 Å². The summed E-state index contributed by atoms with van der Waals surface area (Å²) < 4.78 is 37.8. The third-order valence-electron chi connectivity index (χ3n) is 12.7. The van der Waals surface area contributed by atoms with E-state index in [2.05, 4.69) is 20.6 Å². The number of pyridine rings is 2. The first-order chi connectivity index (χ1) is 29.8. The van der Waals surface area contributed by atoms with E-state index in [1.165, 1.54) is 6.20 Å². The topological polar surface area (TPSA) is 214 Å². The molecule has 0 spiro atoms. The lowest BCUT2D eigenvalue weighted by atomic mass is 9.73. The zero-order chi connectivity index (χ0) is 46.2.